The molecule has 3 rings (SSSR count). The van der Waals surface area contributed by atoms with E-state index in [1.807, 2.05) is 30.3 Å². The van der Waals surface area contributed by atoms with Crippen LogP contribution in [0.15, 0.2) is 78.9 Å². The topological polar surface area (TPSA) is 32.7 Å². The fourth-order valence-electron chi connectivity index (χ4n) is 3.04. The first kappa shape index (κ1) is 20.1. The van der Waals surface area contributed by atoms with E-state index in [1.54, 1.807) is 12.1 Å². The van der Waals surface area contributed by atoms with Crippen LogP contribution in [0.25, 0.3) is 0 Å². The number of hydrogen-bond acceptors (Lipinski definition) is 3. The molecule has 3 aromatic carbocycles. The number of para-hydroxylation sites is 1. The van der Waals surface area contributed by atoms with Crippen LogP contribution in [0.1, 0.15) is 16.7 Å². The molecule has 3 aromatic rings. The second-order valence-corrected chi connectivity index (χ2v) is 7.06. The predicted octanol–water partition coefficient (Wildman–Crippen LogP) is 4.58. The van der Waals surface area contributed by atoms with Gasteiger partial charge in [-0.05, 0) is 42.3 Å². The van der Waals surface area contributed by atoms with E-state index in [4.69, 9.17) is 4.74 Å². The van der Waals surface area contributed by atoms with Crippen molar-refractivity contribution in [2.75, 3.05) is 13.2 Å². The molecule has 4 heteroatoms. The molecule has 0 unspecified atom stereocenters. The summed E-state index contributed by atoms with van der Waals surface area (Å²) in [4.78, 5) is 2.15. The van der Waals surface area contributed by atoms with E-state index in [0.29, 0.717) is 19.6 Å². The van der Waals surface area contributed by atoms with Gasteiger partial charge in [0.2, 0.25) is 0 Å². The lowest BCUT2D eigenvalue weighted by Gasteiger charge is -2.25. The molecule has 0 amide bonds. The molecule has 1 atom stereocenters. The molecular weight excluding hydrogens is 353 g/mol. The number of aliphatic hydroxyl groups excluding tert-OH is 1. The Labute approximate surface area is 166 Å². The first-order valence-corrected chi connectivity index (χ1v) is 9.47. The highest BCUT2D eigenvalue weighted by molar-refractivity contribution is 5.22. The Balaban J connectivity index is 1.63. The number of aliphatic hydroxyl groups is 1. The van der Waals surface area contributed by atoms with Crippen LogP contribution >= 0.6 is 0 Å². The van der Waals surface area contributed by atoms with Crippen molar-refractivity contribution in [2.24, 2.45) is 0 Å². The van der Waals surface area contributed by atoms with Gasteiger partial charge < -0.3 is 9.84 Å². The van der Waals surface area contributed by atoms with E-state index in [1.165, 1.54) is 23.3 Å². The van der Waals surface area contributed by atoms with Gasteiger partial charge >= 0.3 is 0 Å². The molecular formula is C24H26FNO2. The van der Waals surface area contributed by atoms with E-state index in [-0.39, 0.29) is 12.4 Å². The van der Waals surface area contributed by atoms with Crippen molar-refractivity contribution in [3.05, 3.63) is 101 Å². The van der Waals surface area contributed by atoms with Crippen molar-refractivity contribution in [2.45, 2.75) is 26.1 Å². The Bertz CT molecular complexity index is 787. The van der Waals surface area contributed by atoms with Crippen molar-refractivity contribution in [1.29, 1.82) is 0 Å². The highest BCUT2D eigenvalue weighted by Gasteiger charge is 2.14. The highest BCUT2D eigenvalue weighted by atomic mass is 19.1. The standard InChI is InChI=1S/C24H26FNO2/c1-19-7-9-20(10-8-19)15-26(16-21-11-13-22(25)14-12-21)17-23(27)18-28-24-5-3-2-4-6-24/h2-14,23,27H,15-18H2,1H3/t23-/m0/s1. The third-order valence-corrected chi connectivity index (χ3v) is 4.50. The van der Waals surface area contributed by atoms with Crippen molar-refractivity contribution < 1.29 is 14.2 Å². The number of rotatable bonds is 9. The molecule has 0 aliphatic carbocycles. The molecule has 0 saturated carbocycles. The minimum Gasteiger partial charge on any atom is -0.491 e. The Morgan fingerprint density at radius 1 is 0.857 bits per heavy atom. The molecule has 0 aliphatic rings. The average Bonchev–Trinajstić information content (AvgIpc) is 2.71. The van der Waals surface area contributed by atoms with E-state index in [2.05, 4.69) is 36.1 Å². The van der Waals surface area contributed by atoms with Crippen LogP contribution in [0.3, 0.4) is 0 Å². The zero-order valence-corrected chi connectivity index (χ0v) is 16.1. The summed E-state index contributed by atoms with van der Waals surface area (Å²) in [7, 11) is 0. The van der Waals surface area contributed by atoms with Crippen LogP contribution in [0, 0.1) is 12.7 Å². The fraction of sp³-hybridized carbons (Fsp3) is 0.250. The lowest BCUT2D eigenvalue weighted by molar-refractivity contribution is 0.0628. The largest absolute Gasteiger partial charge is 0.491 e. The molecule has 0 saturated heterocycles. The van der Waals surface area contributed by atoms with Crippen molar-refractivity contribution in [1.82, 2.24) is 4.90 Å². The zero-order valence-electron chi connectivity index (χ0n) is 16.1. The van der Waals surface area contributed by atoms with Gasteiger partial charge in [-0.15, -0.1) is 0 Å². The molecule has 0 spiro atoms. The summed E-state index contributed by atoms with van der Waals surface area (Å²) >= 11 is 0. The van der Waals surface area contributed by atoms with Gasteiger partial charge in [0.25, 0.3) is 0 Å². The third-order valence-electron chi connectivity index (χ3n) is 4.50. The molecule has 0 aliphatic heterocycles. The Morgan fingerprint density at radius 3 is 2.04 bits per heavy atom. The smallest absolute Gasteiger partial charge is 0.123 e. The van der Waals surface area contributed by atoms with Crippen LogP contribution in [0.2, 0.25) is 0 Å². The van der Waals surface area contributed by atoms with Gasteiger partial charge in [0.1, 0.15) is 24.3 Å². The lowest BCUT2D eigenvalue weighted by atomic mass is 10.1. The number of benzene rings is 3. The zero-order chi connectivity index (χ0) is 19.8. The fourth-order valence-corrected chi connectivity index (χ4v) is 3.04. The van der Waals surface area contributed by atoms with Gasteiger partial charge in [-0.2, -0.15) is 0 Å². The molecule has 0 fully saturated rings. The van der Waals surface area contributed by atoms with E-state index >= 15 is 0 Å². The number of nitrogens with zero attached hydrogens (tertiary/aromatic N) is 1. The maximum absolute atomic E-state index is 13.2. The Morgan fingerprint density at radius 2 is 1.43 bits per heavy atom. The first-order valence-electron chi connectivity index (χ1n) is 9.47. The molecule has 1 N–H and O–H groups in total. The van der Waals surface area contributed by atoms with Crippen molar-refractivity contribution in [3.8, 4) is 5.75 Å². The summed E-state index contributed by atoms with van der Waals surface area (Å²) in [5.74, 6) is 0.496. The van der Waals surface area contributed by atoms with Crippen LogP contribution in [-0.2, 0) is 13.1 Å². The highest BCUT2D eigenvalue weighted by Crippen LogP contribution is 2.14. The van der Waals surface area contributed by atoms with Crippen LogP contribution in [0.5, 0.6) is 5.75 Å². The van der Waals surface area contributed by atoms with Gasteiger partial charge in [0.15, 0.2) is 0 Å². The quantitative estimate of drug-likeness (QED) is 0.591. The minimum absolute atomic E-state index is 0.220. The number of halogens is 1. The molecule has 146 valence electrons. The number of hydrogen-bond donors (Lipinski definition) is 1. The molecule has 3 nitrogen and oxygen atoms in total. The Kier molecular flexibility index (Phi) is 7.18. The molecule has 28 heavy (non-hydrogen) atoms. The second kappa shape index (κ2) is 10.0. The maximum Gasteiger partial charge on any atom is 0.123 e. The molecule has 0 radical (unpaired) electrons. The van der Waals surface area contributed by atoms with Crippen molar-refractivity contribution >= 4 is 0 Å². The van der Waals surface area contributed by atoms with Gasteiger partial charge in [-0.25, -0.2) is 4.39 Å². The minimum atomic E-state index is -0.633. The van der Waals surface area contributed by atoms with Crippen LogP contribution < -0.4 is 4.74 Å². The summed E-state index contributed by atoms with van der Waals surface area (Å²) in [6, 6.07) is 24.3. The van der Waals surface area contributed by atoms with Gasteiger partial charge in [0.05, 0.1) is 0 Å². The summed E-state index contributed by atoms with van der Waals surface area (Å²) in [6.45, 7) is 4.05. The summed E-state index contributed by atoms with van der Waals surface area (Å²) in [6.07, 6.45) is -0.633. The van der Waals surface area contributed by atoms with E-state index in [9.17, 15) is 9.50 Å². The van der Waals surface area contributed by atoms with E-state index < -0.39 is 6.10 Å². The maximum atomic E-state index is 13.2. The molecule has 0 aromatic heterocycles. The van der Waals surface area contributed by atoms with Gasteiger partial charge in [-0.3, -0.25) is 4.90 Å². The summed E-state index contributed by atoms with van der Waals surface area (Å²) in [5.41, 5.74) is 3.39. The van der Waals surface area contributed by atoms with Crippen LogP contribution in [0.4, 0.5) is 4.39 Å². The SMILES string of the molecule is Cc1ccc(CN(Cc2ccc(F)cc2)C[C@H](O)COc2ccccc2)cc1. The lowest BCUT2D eigenvalue weighted by Crippen LogP contribution is -2.35. The monoisotopic (exact) mass is 379 g/mol. The molecule has 0 heterocycles. The summed E-state index contributed by atoms with van der Waals surface area (Å²) in [5, 5.41) is 10.5. The number of aryl methyl sites for hydroxylation is 1. The predicted molar refractivity (Wildman–Crippen MR) is 110 cm³/mol. The molecule has 0 bridgehead atoms. The summed E-state index contributed by atoms with van der Waals surface area (Å²) < 4.78 is 18.9. The van der Waals surface area contributed by atoms with Crippen molar-refractivity contribution in [3.63, 3.8) is 0 Å². The van der Waals surface area contributed by atoms with E-state index in [0.717, 1.165) is 11.3 Å². The normalized spacial score (nSPS) is 12.1. The van der Waals surface area contributed by atoms with Gasteiger partial charge in [-0.1, -0.05) is 60.2 Å². The second-order valence-electron chi connectivity index (χ2n) is 7.06. The third kappa shape index (κ3) is 6.48. The average molecular weight is 379 g/mol. The first-order chi connectivity index (χ1) is 13.6. The Hall–Kier alpha value is -2.69. The van der Waals surface area contributed by atoms with Crippen LogP contribution in [-0.4, -0.2) is 29.3 Å². The van der Waals surface area contributed by atoms with Gasteiger partial charge in [0, 0.05) is 19.6 Å². The number of ether oxygens (including phenoxy) is 1.